The molecule has 0 bridgehead atoms. The number of likely N-dealkylation sites (tertiary alicyclic amines) is 2. The van der Waals surface area contributed by atoms with Crippen LogP contribution in [0.25, 0.3) is 10.8 Å². The van der Waals surface area contributed by atoms with E-state index in [-0.39, 0.29) is 42.1 Å². The predicted octanol–water partition coefficient (Wildman–Crippen LogP) is 5.75. The van der Waals surface area contributed by atoms with E-state index in [2.05, 4.69) is 15.4 Å². The van der Waals surface area contributed by atoms with Crippen LogP contribution >= 0.6 is 0 Å². The average molecular weight is 844 g/mol. The molecule has 2 aromatic rings. The van der Waals surface area contributed by atoms with Gasteiger partial charge in [-0.3, -0.25) is 14.4 Å². The van der Waals surface area contributed by atoms with Crippen LogP contribution in [0, 0.1) is 17.8 Å². The lowest BCUT2D eigenvalue weighted by molar-refractivity contribution is -0.145. The number of amides is 4. The third-order valence-electron chi connectivity index (χ3n) is 10.6. The fourth-order valence-corrected chi connectivity index (χ4v) is 8.56. The number of hydrogen-bond acceptors (Lipinski definition) is 10. The molecule has 0 radical (unpaired) electrons. The Bertz CT molecular complexity index is 1810. The number of nitrogens with one attached hydrogen (secondary N) is 3. The number of carbonyl (C=O) groups is 5. The summed E-state index contributed by atoms with van der Waals surface area (Å²) in [5.41, 5.74) is -1.15. The summed E-state index contributed by atoms with van der Waals surface area (Å²) in [6, 6.07) is 10.5. The summed E-state index contributed by atoms with van der Waals surface area (Å²) < 4.78 is 45.2. The summed E-state index contributed by atoms with van der Waals surface area (Å²) in [5, 5.41) is 6.90. The number of esters is 1. The Hall–Kier alpha value is -4.44. The monoisotopic (exact) mass is 843 g/mol. The Kier molecular flexibility index (Phi) is 17.0. The number of ether oxygens (including phenoxy) is 3. The van der Waals surface area contributed by atoms with Crippen molar-refractivity contribution in [1.82, 2.24) is 25.2 Å². The number of sulfonamides is 1. The summed E-state index contributed by atoms with van der Waals surface area (Å²) in [7, 11) is -4.18. The van der Waals surface area contributed by atoms with E-state index in [1.165, 1.54) is 12.1 Å². The Morgan fingerprint density at radius 1 is 0.746 bits per heavy atom. The Labute approximate surface area is 349 Å². The fourth-order valence-electron chi connectivity index (χ4n) is 7.34. The molecule has 2 fully saturated rings. The van der Waals surface area contributed by atoms with Crippen LogP contribution in [0.2, 0.25) is 0 Å². The van der Waals surface area contributed by atoms with Crippen LogP contribution in [-0.4, -0.2) is 111 Å². The van der Waals surface area contributed by atoms with E-state index in [0.29, 0.717) is 56.2 Å². The largest absolute Gasteiger partial charge is 0.465 e. The second-order valence-corrected chi connectivity index (χ2v) is 19.3. The molecule has 16 heteroatoms. The van der Waals surface area contributed by atoms with E-state index in [1.54, 1.807) is 34.9 Å². The number of carbonyl (C=O) groups excluding carboxylic acids is 5. The molecule has 2 saturated heterocycles. The van der Waals surface area contributed by atoms with Crippen molar-refractivity contribution in [2.75, 3.05) is 45.9 Å². The van der Waals surface area contributed by atoms with Gasteiger partial charge in [0.25, 0.3) is 0 Å². The van der Waals surface area contributed by atoms with E-state index in [9.17, 15) is 32.4 Å². The van der Waals surface area contributed by atoms with Gasteiger partial charge in [0.05, 0.1) is 18.0 Å². The van der Waals surface area contributed by atoms with Crippen molar-refractivity contribution >= 4 is 50.8 Å². The predicted molar refractivity (Wildman–Crippen MR) is 224 cm³/mol. The summed E-state index contributed by atoms with van der Waals surface area (Å²) in [6.45, 7) is 14.2. The van der Waals surface area contributed by atoms with Crippen LogP contribution in [0.5, 0.6) is 0 Å². The first-order chi connectivity index (χ1) is 27.7. The molecule has 0 saturated carbocycles. The van der Waals surface area contributed by atoms with Gasteiger partial charge in [0.15, 0.2) is 0 Å². The molecule has 0 unspecified atom stereocenters. The number of nitrogens with zero attached hydrogens (tertiary/aromatic N) is 2. The molecule has 2 aliphatic heterocycles. The van der Waals surface area contributed by atoms with Gasteiger partial charge >= 0.3 is 18.2 Å². The molecule has 0 spiro atoms. The van der Waals surface area contributed by atoms with Crippen LogP contribution in [0.1, 0.15) is 99.8 Å². The molecule has 2 heterocycles. The van der Waals surface area contributed by atoms with Gasteiger partial charge in [-0.2, -0.15) is 4.72 Å². The van der Waals surface area contributed by atoms with E-state index < -0.39 is 45.7 Å². The first-order valence-corrected chi connectivity index (χ1v) is 22.4. The zero-order chi connectivity index (χ0) is 43.4. The highest BCUT2D eigenvalue weighted by Gasteiger charge is 2.32. The second-order valence-electron chi connectivity index (χ2n) is 17.6. The van der Waals surface area contributed by atoms with Crippen molar-refractivity contribution in [3.05, 3.63) is 42.5 Å². The molecule has 3 N–H and O–H groups in total. The molecular weight excluding hydrogens is 779 g/mol. The van der Waals surface area contributed by atoms with Crippen molar-refractivity contribution in [2.24, 2.45) is 17.8 Å². The third kappa shape index (κ3) is 15.6. The lowest BCUT2D eigenvalue weighted by atomic mass is 9.84. The normalized spacial score (nSPS) is 16.4. The fraction of sp³-hybridized carbons (Fsp3) is 0.651. The summed E-state index contributed by atoms with van der Waals surface area (Å²) in [6.07, 6.45) is 5.31. The highest BCUT2D eigenvalue weighted by Crippen LogP contribution is 2.30. The van der Waals surface area contributed by atoms with Gasteiger partial charge in [-0.1, -0.05) is 30.3 Å². The minimum atomic E-state index is -4.18. The van der Waals surface area contributed by atoms with Gasteiger partial charge in [0, 0.05) is 38.6 Å². The highest BCUT2D eigenvalue weighted by molar-refractivity contribution is 7.89. The van der Waals surface area contributed by atoms with Gasteiger partial charge in [-0.25, -0.2) is 18.0 Å². The minimum absolute atomic E-state index is 0.00410. The molecule has 59 heavy (non-hydrogen) atoms. The molecular formula is C43H65N5O10S. The lowest BCUT2D eigenvalue weighted by Crippen LogP contribution is -2.50. The van der Waals surface area contributed by atoms with E-state index in [0.717, 1.165) is 43.9 Å². The van der Waals surface area contributed by atoms with Crippen LogP contribution in [0.3, 0.4) is 0 Å². The van der Waals surface area contributed by atoms with E-state index in [1.807, 2.05) is 53.7 Å². The van der Waals surface area contributed by atoms with Gasteiger partial charge in [-0.05, 0) is 135 Å². The standard InChI is InChI=1S/C43H65N5O10S/c1-8-56-39(51)36(46-59(54,55)35-18-17-32-11-9-10-12-34(32)27-35)28-44-37(49)29-45-38(50)33(15-13-30-19-23-47(24-20-30)40(52)57-42(2,3)4)16-14-31-21-25-48(26-22-31)41(53)58-43(5,6)7/h9-12,17-18,27,30-31,33,36,46H,8,13-16,19-26,28-29H2,1-7H3,(H,44,49)(H,45,50)/t36-/m0/s1. The number of rotatable bonds is 16. The number of fused-ring (bicyclic) bond motifs is 1. The number of hydrogen-bond donors (Lipinski definition) is 3. The maximum Gasteiger partial charge on any atom is 0.410 e. The van der Waals surface area contributed by atoms with Crippen LogP contribution < -0.4 is 15.4 Å². The van der Waals surface area contributed by atoms with E-state index in [4.69, 9.17) is 14.2 Å². The zero-order valence-electron chi connectivity index (χ0n) is 35.8. The molecule has 4 rings (SSSR count). The van der Waals surface area contributed by atoms with Crippen LogP contribution in [-0.2, 0) is 38.6 Å². The first-order valence-electron chi connectivity index (χ1n) is 20.9. The highest BCUT2D eigenvalue weighted by atomic mass is 32.2. The molecule has 2 aromatic carbocycles. The van der Waals surface area contributed by atoms with Crippen molar-refractivity contribution < 1.29 is 46.6 Å². The second kappa shape index (κ2) is 21.2. The molecule has 0 aliphatic carbocycles. The average Bonchev–Trinajstić information content (AvgIpc) is 3.17. The first kappa shape index (κ1) is 47.2. The maximum absolute atomic E-state index is 13.7. The van der Waals surface area contributed by atoms with Crippen LogP contribution in [0.4, 0.5) is 9.59 Å². The molecule has 15 nitrogen and oxygen atoms in total. The van der Waals surface area contributed by atoms with Gasteiger partial charge in [-0.15, -0.1) is 0 Å². The summed E-state index contributed by atoms with van der Waals surface area (Å²) >= 11 is 0. The molecule has 2 aliphatic rings. The zero-order valence-corrected chi connectivity index (χ0v) is 36.7. The SMILES string of the molecule is CCOC(=O)[C@H](CNC(=O)CNC(=O)C(CCC1CCN(C(=O)OC(C)(C)C)CC1)CCC1CCN(C(=O)OC(C)(C)C)CC1)NS(=O)(=O)c1ccc2ccccc2c1. The Balaban J connectivity index is 1.33. The molecule has 1 atom stereocenters. The van der Waals surface area contributed by atoms with Gasteiger partial charge in [0.1, 0.15) is 17.2 Å². The van der Waals surface area contributed by atoms with Crippen molar-refractivity contribution in [3.8, 4) is 0 Å². The maximum atomic E-state index is 13.7. The summed E-state index contributed by atoms with van der Waals surface area (Å²) in [5.74, 6) is -1.45. The van der Waals surface area contributed by atoms with Gasteiger partial charge in [0.2, 0.25) is 21.8 Å². The smallest absolute Gasteiger partial charge is 0.410 e. The quantitative estimate of drug-likeness (QED) is 0.139. The Morgan fingerprint density at radius 2 is 1.25 bits per heavy atom. The number of piperidine rings is 2. The lowest BCUT2D eigenvalue weighted by Gasteiger charge is -2.34. The van der Waals surface area contributed by atoms with Crippen molar-refractivity contribution in [2.45, 2.75) is 122 Å². The number of benzene rings is 2. The topological polar surface area (TPSA) is 190 Å². The minimum Gasteiger partial charge on any atom is -0.465 e. The van der Waals surface area contributed by atoms with E-state index >= 15 is 0 Å². The summed E-state index contributed by atoms with van der Waals surface area (Å²) in [4.78, 5) is 68.2. The Morgan fingerprint density at radius 3 is 1.75 bits per heavy atom. The third-order valence-corrected chi connectivity index (χ3v) is 12.0. The van der Waals surface area contributed by atoms with Crippen LogP contribution in [0.15, 0.2) is 47.4 Å². The molecule has 0 aromatic heterocycles. The van der Waals surface area contributed by atoms with Crippen molar-refractivity contribution in [1.29, 1.82) is 0 Å². The van der Waals surface area contributed by atoms with Crippen molar-refractivity contribution in [3.63, 3.8) is 0 Å². The molecule has 328 valence electrons. The molecule has 4 amide bonds. The van der Waals surface area contributed by atoms with Gasteiger partial charge < -0.3 is 34.6 Å².